The van der Waals surface area contributed by atoms with Crippen LogP contribution in [0.3, 0.4) is 0 Å². The Balaban J connectivity index is 1.58. The molecule has 0 saturated heterocycles. The zero-order chi connectivity index (χ0) is 18.2. The zero-order valence-corrected chi connectivity index (χ0v) is 15.4. The third-order valence-corrected chi connectivity index (χ3v) is 4.61. The maximum absolute atomic E-state index is 12.1. The van der Waals surface area contributed by atoms with Crippen LogP contribution in [0.1, 0.15) is 42.2 Å². The van der Waals surface area contributed by atoms with Crippen molar-refractivity contribution >= 4 is 5.91 Å². The lowest BCUT2D eigenvalue weighted by molar-refractivity contribution is 0.0937. The molecule has 0 radical (unpaired) electrons. The number of benzene rings is 1. The molecular formula is C21H27N3O2. The van der Waals surface area contributed by atoms with E-state index in [0.717, 1.165) is 38.2 Å². The Hall–Kier alpha value is -2.40. The molecule has 26 heavy (non-hydrogen) atoms. The van der Waals surface area contributed by atoms with Crippen LogP contribution in [0.25, 0.3) is 0 Å². The van der Waals surface area contributed by atoms with Gasteiger partial charge in [-0.1, -0.05) is 37.6 Å². The number of aromatic nitrogens is 1. The topological polar surface area (TPSA) is 54.5 Å². The molecular weight excluding hydrogens is 326 g/mol. The molecule has 1 N–H and O–H groups in total. The fraction of sp³-hybridized carbons (Fsp3) is 0.429. The minimum atomic E-state index is -0.125. The second kappa shape index (κ2) is 9.34. The highest BCUT2D eigenvalue weighted by molar-refractivity contribution is 5.92. The van der Waals surface area contributed by atoms with Crippen LogP contribution in [-0.2, 0) is 6.54 Å². The van der Waals surface area contributed by atoms with Gasteiger partial charge in [-0.3, -0.25) is 14.7 Å². The number of hydrogen-bond donors (Lipinski definition) is 1. The summed E-state index contributed by atoms with van der Waals surface area (Å²) in [5, 5.41) is 2.96. The molecule has 5 nitrogen and oxygen atoms in total. The van der Waals surface area contributed by atoms with Crippen molar-refractivity contribution in [3.05, 3.63) is 59.9 Å². The molecule has 0 bridgehead atoms. The molecule has 2 aromatic rings. The normalized spacial score (nSPS) is 17.0. The van der Waals surface area contributed by atoms with Gasteiger partial charge >= 0.3 is 0 Å². The van der Waals surface area contributed by atoms with Crippen molar-refractivity contribution in [1.82, 2.24) is 15.2 Å². The van der Waals surface area contributed by atoms with E-state index in [1.807, 2.05) is 18.2 Å². The van der Waals surface area contributed by atoms with Gasteiger partial charge in [0.05, 0.1) is 0 Å². The Morgan fingerprint density at radius 3 is 2.92 bits per heavy atom. The summed E-state index contributed by atoms with van der Waals surface area (Å²) in [6.45, 7) is 5.32. The first-order valence-corrected chi connectivity index (χ1v) is 9.42. The van der Waals surface area contributed by atoms with Gasteiger partial charge in [0.1, 0.15) is 17.5 Å². The molecule has 3 rings (SSSR count). The number of carbonyl (C=O) groups excluding carboxylic acids is 1. The van der Waals surface area contributed by atoms with E-state index in [1.165, 1.54) is 12.0 Å². The van der Waals surface area contributed by atoms with Crippen LogP contribution in [-0.4, -0.2) is 41.5 Å². The monoisotopic (exact) mass is 353 g/mol. The van der Waals surface area contributed by atoms with Crippen LogP contribution in [0.15, 0.2) is 48.7 Å². The number of fused-ring (bicyclic) bond motifs is 1. The standard InChI is InChI=1S/C21H27N3O2/c1-2-3-9-18-16-24(15-17-8-4-5-11-20(17)26-18)14-13-23-21(25)19-10-6-7-12-22-19/h4-8,10-12,18H,2-3,9,13-16H2,1H3,(H,23,25). The number of unbranched alkanes of at least 4 members (excludes halogenated alkanes) is 1. The summed E-state index contributed by atoms with van der Waals surface area (Å²) in [5.41, 5.74) is 1.67. The van der Waals surface area contributed by atoms with Crippen molar-refractivity contribution in [2.24, 2.45) is 0 Å². The molecule has 0 fully saturated rings. The van der Waals surface area contributed by atoms with Crippen molar-refractivity contribution in [2.75, 3.05) is 19.6 Å². The molecule has 1 amide bonds. The van der Waals surface area contributed by atoms with Crippen molar-refractivity contribution in [3.8, 4) is 5.75 Å². The van der Waals surface area contributed by atoms with Gasteiger partial charge in [-0.15, -0.1) is 0 Å². The van der Waals surface area contributed by atoms with Crippen LogP contribution < -0.4 is 10.1 Å². The van der Waals surface area contributed by atoms with Gasteiger partial charge in [0.25, 0.3) is 5.91 Å². The SMILES string of the molecule is CCCCC1CN(CCNC(=O)c2ccccn2)Cc2ccccc2O1. The number of pyridine rings is 1. The van der Waals surface area contributed by atoms with Crippen molar-refractivity contribution in [2.45, 2.75) is 38.8 Å². The number of hydrogen-bond acceptors (Lipinski definition) is 4. The largest absolute Gasteiger partial charge is 0.489 e. The molecule has 1 aliphatic heterocycles. The maximum Gasteiger partial charge on any atom is 0.269 e. The number of nitrogens with zero attached hydrogens (tertiary/aromatic N) is 2. The Labute approximate surface area is 155 Å². The molecule has 138 valence electrons. The predicted octanol–water partition coefficient (Wildman–Crippen LogP) is 3.26. The van der Waals surface area contributed by atoms with E-state index in [1.54, 1.807) is 12.3 Å². The molecule has 1 aromatic carbocycles. The van der Waals surface area contributed by atoms with E-state index in [0.29, 0.717) is 12.2 Å². The first-order valence-electron chi connectivity index (χ1n) is 9.42. The highest BCUT2D eigenvalue weighted by Crippen LogP contribution is 2.26. The van der Waals surface area contributed by atoms with Gasteiger partial charge in [-0.25, -0.2) is 0 Å². The molecule has 1 aromatic heterocycles. The summed E-state index contributed by atoms with van der Waals surface area (Å²) in [6.07, 6.45) is 5.22. The third kappa shape index (κ3) is 5.05. The fourth-order valence-corrected chi connectivity index (χ4v) is 3.23. The van der Waals surface area contributed by atoms with Gasteiger partial charge in [0, 0.05) is 37.9 Å². The van der Waals surface area contributed by atoms with Gasteiger partial charge < -0.3 is 10.1 Å². The van der Waals surface area contributed by atoms with Crippen molar-refractivity contribution in [3.63, 3.8) is 0 Å². The molecule has 2 heterocycles. The maximum atomic E-state index is 12.1. The van der Waals surface area contributed by atoms with Crippen LogP contribution in [0.4, 0.5) is 0 Å². The van der Waals surface area contributed by atoms with Gasteiger partial charge in [0.15, 0.2) is 0 Å². The highest BCUT2D eigenvalue weighted by atomic mass is 16.5. The number of para-hydroxylation sites is 1. The number of rotatable bonds is 7. The lowest BCUT2D eigenvalue weighted by Gasteiger charge is -2.24. The first kappa shape index (κ1) is 18.4. The Morgan fingerprint density at radius 2 is 2.12 bits per heavy atom. The summed E-state index contributed by atoms with van der Waals surface area (Å²) < 4.78 is 6.25. The highest BCUT2D eigenvalue weighted by Gasteiger charge is 2.22. The van der Waals surface area contributed by atoms with Gasteiger partial charge in [-0.05, 0) is 31.0 Å². The van der Waals surface area contributed by atoms with E-state index in [4.69, 9.17) is 4.74 Å². The molecule has 0 aliphatic carbocycles. The third-order valence-electron chi connectivity index (χ3n) is 4.61. The van der Waals surface area contributed by atoms with Crippen molar-refractivity contribution in [1.29, 1.82) is 0 Å². The Kier molecular flexibility index (Phi) is 6.61. The molecule has 1 atom stereocenters. The summed E-state index contributed by atoms with van der Waals surface area (Å²) in [4.78, 5) is 18.6. The first-order chi connectivity index (χ1) is 12.8. The van der Waals surface area contributed by atoms with Crippen LogP contribution in [0, 0.1) is 0 Å². The number of carbonyl (C=O) groups is 1. The Bertz CT molecular complexity index is 705. The second-order valence-electron chi connectivity index (χ2n) is 6.70. The quantitative estimate of drug-likeness (QED) is 0.830. The number of nitrogens with one attached hydrogen (secondary N) is 1. The number of amides is 1. The smallest absolute Gasteiger partial charge is 0.269 e. The van der Waals surface area contributed by atoms with Crippen LogP contribution in [0.2, 0.25) is 0 Å². The van der Waals surface area contributed by atoms with Crippen molar-refractivity contribution < 1.29 is 9.53 Å². The number of ether oxygens (including phenoxy) is 1. The summed E-state index contributed by atoms with van der Waals surface area (Å²) in [7, 11) is 0. The van der Waals surface area contributed by atoms with Gasteiger partial charge in [0.2, 0.25) is 0 Å². The second-order valence-corrected chi connectivity index (χ2v) is 6.70. The average molecular weight is 353 g/mol. The average Bonchev–Trinajstić information content (AvgIpc) is 2.85. The minimum absolute atomic E-state index is 0.125. The zero-order valence-electron chi connectivity index (χ0n) is 15.4. The fourth-order valence-electron chi connectivity index (χ4n) is 3.23. The van der Waals surface area contributed by atoms with E-state index in [9.17, 15) is 4.79 Å². The van der Waals surface area contributed by atoms with E-state index in [-0.39, 0.29) is 12.0 Å². The van der Waals surface area contributed by atoms with Gasteiger partial charge in [-0.2, -0.15) is 0 Å². The van der Waals surface area contributed by atoms with E-state index in [2.05, 4.69) is 40.3 Å². The lowest BCUT2D eigenvalue weighted by Crippen LogP contribution is -2.38. The van der Waals surface area contributed by atoms with Crippen LogP contribution >= 0.6 is 0 Å². The minimum Gasteiger partial charge on any atom is -0.489 e. The molecule has 1 unspecified atom stereocenters. The Morgan fingerprint density at radius 1 is 1.27 bits per heavy atom. The lowest BCUT2D eigenvalue weighted by atomic mass is 10.1. The summed E-state index contributed by atoms with van der Waals surface area (Å²) in [5.74, 6) is 0.869. The van der Waals surface area contributed by atoms with E-state index < -0.39 is 0 Å². The van der Waals surface area contributed by atoms with E-state index >= 15 is 0 Å². The summed E-state index contributed by atoms with van der Waals surface area (Å²) >= 11 is 0. The summed E-state index contributed by atoms with van der Waals surface area (Å²) in [6, 6.07) is 13.6. The van der Waals surface area contributed by atoms with Crippen LogP contribution in [0.5, 0.6) is 5.75 Å². The predicted molar refractivity (Wildman–Crippen MR) is 102 cm³/mol. The molecule has 0 spiro atoms. The molecule has 1 aliphatic rings. The molecule has 0 saturated carbocycles. The molecule has 5 heteroatoms.